The fourth-order valence-electron chi connectivity index (χ4n) is 1.76. The topological polar surface area (TPSA) is 3.24 Å². The molecule has 1 rings (SSSR count). The van der Waals surface area contributed by atoms with E-state index in [1.165, 1.54) is 12.1 Å². The standard InChI is InChI=1S/C13H18BrF2N/c1-2-9-17(10-8-14)11-13(15,16)12-6-4-3-5-7-12/h3-7H,2,8-11H2,1H3. The molecule has 0 atom stereocenters. The summed E-state index contributed by atoms with van der Waals surface area (Å²) in [6, 6.07) is 8.02. The Balaban J connectivity index is 2.69. The number of hydrogen-bond acceptors (Lipinski definition) is 1. The fraction of sp³-hybridized carbons (Fsp3) is 0.538. The van der Waals surface area contributed by atoms with E-state index in [2.05, 4.69) is 15.9 Å². The number of alkyl halides is 3. The lowest BCUT2D eigenvalue weighted by molar-refractivity contribution is -0.0365. The molecule has 1 aromatic rings. The van der Waals surface area contributed by atoms with Crippen LogP contribution in [0, 0.1) is 0 Å². The maximum atomic E-state index is 14.0. The van der Waals surface area contributed by atoms with Crippen LogP contribution in [0.1, 0.15) is 18.9 Å². The molecule has 0 fully saturated rings. The minimum Gasteiger partial charge on any atom is -0.296 e. The molecule has 0 N–H and O–H groups in total. The largest absolute Gasteiger partial charge is 0.296 e. The Hall–Kier alpha value is -0.480. The van der Waals surface area contributed by atoms with Gasteiger partial charge < -0.3 is 0 Å². The number of rotatable bonds is 7. The smallest absolute Gasteiger partial charge is 0.285 e. The second kappa shape index (κ2) is 7.07. The van der Waals surface area contributed by atoms with Crippen LogP contribution in [0.15, 0.2) is 30.3 Å². The molecule has 4 heteroatoms. The number of nitrogens with zero attached hydrogens (tertiary/aromatic N) is 1. The first kappa shape index (κ1) is 14.6. The van der Waals surface area contributed by atoms with Crippen LogP contribution in [0.4, 0.5) is 8.78 Å². The highest BCUT2D eigenvalue weighted by Crippen LogP contribution is 2.28. The molecule has 0 aliphatic heterocycles. The monoisotopic (exact) mass is 305 g/mol. The van der Waals surface area contributed by atoms with Crippen LogP contribution in [0.5, 0.6) is 0 Å². The van der Waals surface area contributed by atoms with E-state index in [1.807, 2.05) is 6.92 Å². The summed E-state index contributed by atoms with van der Waals surface area (Å²) in [6.45, 7) is 3.14. The molecule has 0 amide bonds. The van der Waals surface area contributed by atoms with Gasteiger partial charge >= 0.3 is 0 Å². The molecule has 0 saturated heterocycles. The third-order valence-corrected chi connectivity index (χ3v) is 2.91. The van der Waals surface area contributed by atoms with Gasteiger partial charge in [-0.2, -0.15) is 8.78 Å². The first-order valence-corrected chi connectivity index (χ1v) is 6.94. The molecule has 0 saturated carbocycles. The second-order valence-corrected chi connectivity index (χ2v) is 4.83. The summed E-state index contributed by atoms with van der Waals surface area (Å²) in [5.41, 5.74) is 0.0932. The molecular weight excluding hydrogens is 288 g/mol. The Morgan fingerprint density at radius 2 is 1.82 bits per heavy atom. The van der Waals surface area contributed by atoms with Gasteiger partial charge in [0.25, 0.3) is 5.92 Å². The van der Waals surface area contributed by atoms with E-state index in [9.17, 15) is 8.78 Å². The summed E-state index contributed by atoms with van der Waals surface area (Å²) in [5.74, 6) is -2.78. The maximum Gasteiger partial charge on any atom is 0.285 e. The van der Waals surface area contributed by atoms with E-state index in [4.69, 9.17) is 0 Å². The van der Waals surface area contributed by atoms with Gasteiger partial charge in [0, 0.05) is 17.4 Å². The Bertz CT molecular complexity index is 310. The van der Waals surface area contributed by atoms with Crippen LogP contribution < -0.4 is 0 Å². The predicted octanol–water partition coefficient (Wildman–Crippen LogP) is 3.89. The van der Waals surface area contributed by atoms with Crippen molar-refractivity contribution in [1.29, 1.82) is 0 Å². The van der Waals surface area contributed by atoms with Crippen molar-refractivity contribution in [3.63, 3.8) is 0 Å². The molecular formula is C13H18BrF2N. The van der Waals surface area contributed by atoms with Gasteiger partial charge in [-0.3, -0.25) is 4.90 Å². The third kappa shape index (κ3) is 4.72. The van der Waals surface area contributed by atoms with Crippen molar-refractivity contribution in [2.75, 3.05) is 25.0 Å². The van der Waals surface area contributed by atoms with Crippen LogP contribution in [0.25, 0.3) is 0 Å². The first-order chi connectivity index (χ1) is 8.10. The minimum atomic E-state index is -2.78. The number of benzene rings is 1. The van der Waals surface area contributed by atoms with Gasteiger partial charge in [0.2, 0.25) is 0 Å². The van der Waals surface area contributed by atoms with Gasteiger partial charge in [0.05, 0.1) is 6.54 Å². The molecule has 0 radical (unpaired) electrons. The molecule has 17 heavy (non-hydrogen) atoms. The van der Waals surface area contributed by atoms with E-state index in [0.29, 0.717) is 13.1 Å². The summed E-state index contributed by atoms with van der Waals surface area (Å²) in [6.07, 6.45) is 0.887. The van der Waals surface area contributed by atoms with Gasteiger partial charge in [0.15, 0.2) is 0 Å². The van der Waals surface area contributed by atoms with Crippen LogP contribution in [0.3, 0.4) is 0 Å². The lowest BCUT2D eigenvalue weighted by Crippen LogP contribution is -2.37. The lowest BCUT2D eigenvalue weighted by atomic mass is 10.1. The second-order valence-electron chi connectivity index (χ2n) is 4.04. The summed E-state index contributed by atoms with van der Waals surface area (Å²) < 4.78 is 28.0. The van der Waals surface area contributed by atoms with E-state index in [1.54, 1.807) is 23.1 Å². The van der Waals surface area contributed by atoms with Crippen molar-refractivity contribution in [2.45, 2.75) is 19.3 Å². The zero-order chi connectivity index (χ0) is 12.7. The summed E-state index contributed by atoms with van der Waals surface area (Å²) in [5, 5.41) is 0.720. The van der Waals surface area contributed by atoms with Crippen LogP contribution in [-0.4, -0.2) is 29.9 Å². The maximum absolute atomic E-state index is 14.0. The van der Waals surface area contributed by atoms with Crippen molar-refractivity contribution in [1.82, 2.24) is 4.90 Å². The number of hydrogen-bond donors (Lipinski definition) is 0. The molecule has 1 aromatic carbocycles. The van der Waals surface area contributed by atoms with Crippen molar-refractivity contribution in [3.8, 4) is 0 Å². The van der Waals surface area contributed by atoms with Crippen molar-refractivity contribution >= 4 is 15.9 Å². The molecule has 1 nitrogen and oxygen atoms in total. The van der Waals surface area contributed by atoms with E-state index in [0.717, 1.165) is 11.8 Å². The highest BCUT2D eigenvalue weighted by molar-refractivity contribution is 9.09. The number of halogens is 3. The molecule has 0 spiro atoms. The summed E-state index contributed by atoms with van der Waals surface area (Å²) in [7, 11) is 0. The summed E-state index contributed by atoms with van der Waals surface area (Å²) in [4.78, 5) is 1.79. The Morgan fingerprint density at radius 3 is 2.35 bits per heavy atom. The van der Waals surface area contributed by atoms with Crippen LogP contribution in [0.2, 0.25) is 0 Å². The average Bonchev–Trinajstić information content (AvgIpc) is 2.30. The Kier molecular flexibility index (Phi) is 6.06. The molecule has 0 aromatic heterocycles. The molecule has 0 unspecified atom stereocenters. The van der Waals surface area contributed by atoms with Gasteiger partial charge in [-0.1, -0.05) is 53.2 Å². The van der Waals surface area contributed by atoms with Crippen molar-refractivity contribution in [2.24, 2.45) is 0 Å². The van der Waals surface area contributed by atoms with E-state index < -0.39 is 5.92 Å². The highest BCUT2D eigenvalue weighted by Gasteiger charge is 2.33. The van der Waals surface area contributed by atoms with Crippen molar-refractivity contribution in [3.05, 3.63) is 35.9 Å². The normalized spacial score (nSPS) is 12.1. The van der Waals surface area contributed by atoms with Gasteiger partial charge in [-0.25, -0.2) is 0 Å². The van der Waals surface area contributed by atoms with E-state index >= 15 is 0 Å². The van der Waals surface area contributed by atoms with E-state index in [-0.39, 0.29) is 12.1 Å². The lowest BCUT2D eigenvalue weighted by Gasteiger charge is -2.26. The predicted molar refractivity (Wildman–Crippen MR) is 70.9 cm³/mol. The minimum absolute atomic E-state index is 0.0932. The average molecular weight is 306 g/mol. The molecule has 0 aliphatic carbocycles. The quantitative estimate of drug-likeness (QED) is 0.691. The zero-order valence-corrected chi connectivity index (χ0v) is 11.6. The summed E-state index contributed by atoms with van der Waals surface area (Å²) >= 11 is 3.30. The van der Waals surface area contributed by atoms with Crippen LogP contribution in [-0.2, 0) is 5.92 Å². The first-order valence-electron chi connectivity index (χ1n) is 5.82. The zero-order valence-electron chi connectivity index (χ0n) is 10.0. The Labute approximate surface area is 110 Å². The van der Waals surface area contributed by atoms with Gasteiger partial charge in [-0.05, 0) is 13.0 Å². The van der Waals surface area contributed by atoms with Crippen LogP contribution >= 0.6 is 15.9 Å². The molecule has 0 heterocycles. The van der Waals surface area contributed by atoms with Gasteiger partial charge in [0.1, 0.15) is 0 Å². The fourth-order valence-corrected chi connectivity index (χ4v) is 2.26. The Morgan fingerprint density at radius 1 is 1.18 bits per heavy atom. The molecule has 96 valence electrons. The SMILES string of the molecule is CCCN(CCBr)CC(F)(F)c1ccccc1. The highest BCUT2D eigenvalue weighted by atomic mass is 79.9. The third-order valence-electron chi connectivity index (χ3n) is 2.56. The van der Waals surface area contributed by atoms with Crippen molar-refractivity contribution < 1.29 is 8.78 Å². The van der Waals surface area contributed by atoms with Gasteiger partial charge in [-0.15, -0.1) is 0 Å². The molecule has 0 aliphatic rings. The molecule has 0 bridgehead atoms.